The number of carbonyl (C=O) groups excluding carboxylic acids is 1. The monoisotopic (exact) mass is 408 g/mol. The van der Waals surface area contributed by atoms with E-state index in [1.165, 1.54) is 12.1 Å². The Morgan fingerprint density at radius 1 is 1.17 bits per heavy atom. The Kier molecular flexibility index (Phi) is 5.64. The Hall–Kier alpha value is -3.82. The van der Waals surface area contributed by atoms with Crippen LogP contribution in [-0.2, 0) is 4.79 Å². The maximum absolute atomic E-state index is 13.2. The van der Waals surface area contributed by atoms with Crippen molar-refractivity contribution >= 4 is 29.3 Å². The minimum atomic E-state index is -0.289. The molecule has 3 aromatic rings. The number of hydrogen-bond donors (Lipinski definition) is 3. The summed E-state index contributed by atoms with van der Waals surface area (Å²) < 4.78 is 13.2. The number of rotatable bonds is 6. The molecule has 10 heteroatoms. The first-order valence-electron chi connectivity index (χ1n) is 9.52. The molecule has 30 heavy (non-hydrogen) atoms. The lowest BCUT2D eigenvalue weighted by molar-refractivity contribution is -0.120. The lowest BCUT2D eigenvalue weighted by Gasteiger charge is -2.28. The normalized spacial score (nSPS) is 14.7. The maximum Gasteiger partial charge on any atom is 0.239 e. The molecule has 1 fully saturated rings. The molecule has 1 aromatic carbocycles. The van der Waals surface area contributed by atoms with Gasteiger partial charge in [-0.25, -0.2) is 9.37 Å². The molecule has 3 N–H and O–H groups in total. The van der Waals surface area contributed by atoms with Gasteiger partial charge in [0.25, 0.3) is 0 Å². The number of piperazine rings is 1. The smallest absolute Gasteiger partial charge is 0.239 e. The van der Waals surface area contributed by atoms with Gasteiger partial charge in [0.1, 0.15) is 23.3 Å². The Bertz CT molecular complexity index is 1020. The summed E-state index contributed by atoms with van der Waals surface area (Å²) in [6, 6.07) is 7.86. The van der Waals surface area contributed by atoms with E-state index in [4.69, 9.17) is 0 Å². The molecule has 1 aliphatic heterocycles. The second-order valence-corrected chi connectivity index (χ2v) is 6.84. The zero-order valence-electron chi connectivity index (χ0n) is 16.3. The Morgan fingerprint density at radius 3 is 2.73 bits per heavy atom. The second kappa shape index (κ2) is 8.68. The fraction of sp³-hybridized carbons (Fsp3) is 0.250. The molecule has 2 aromatic heterocycles. The van der Waals surface area contributed by atoms with Gasteiger partial charge in [0.05, 0.1) is 18.8 Å². The Balaban J connectivity index is 1.62. The van der Waals surface area contributed by atoms with E-state index in [9.17, 15) is 9.18 Å². The fourth-order valence-corrected chi connectivity index (χ4v) is 3.08. The summed E-state index contributed by atoms with van der Waals surface area (Å²) >= 11 is 0. The van der Waals surface area contributed by atoms with Crippen molar-refractivity contribution in [3.05, 3.63) is 60.3 Å². The maximum atomic E-state index is 13.2. The van der Waals surface area contributed by atoms with Crippen LogP contribution in [0.4, 0.5) is 27.8 Å². The lowest BCUT2D eigenvalue weighted by atomic mass is 10.1. The average molecular weight is 408 g/mol. The number of hydrogen-bond acceptors (Lipinski definition) is 8. The highest BCUT2D eigenvalue weighted by atomic mass is 19.1. The number of aromatic nitrogens is 4. The molecule has 9 nitrogen and oxygen atoms in total. The van der Waals surface area contributed by atoms with Gasteiger partial charge in [-0.1, -0.05) is 12.1 Å². The first kappa shape index (κ1) is 19.5. The van der Waals surface area contributed by atoms with E-state index >= 15 is 0 Å². The molecule has 0 spiro atoms. The van der Waals surface area contributed by atoms with Gasteiger partial charge in [0.2, 0.25) is 11.9 Å². The second-order valence-electron chi connectivity index (χ2n) is 6.84. The number of carbonyl (C=O) groups is 1. The van der Waals surface area contributed by atoms with E-state index in [0.717, 1.165) is 5.56 Å². The van der Waals surface area contributed by atoms with Crippen LogP contribution in [0.5, 0.6) is 0 Å². The number of benzene rings is 1. The van der Waals surface area contributed by atoms with Crippen molar-refractivity contribution in [1.29, 1.82) is 0 Å². The molecular formula is C20H21FN8O. The molecule has 0 aliphatic carbocycles. The fourth-order valence-electron chi connectivity index (χ4n) is 3.08. The zero-order valence-corrected chi connectivity index (χ0v) is 16.3. The summed E-state index contributed by atoms with van der Waals surface area (Å²) in [4.78, 5) is 31.1. The first-order valence-corrected chi connectivity index (χ1v) is 9.52. The van der Waals surface area contributed by atoms with Gasteiger partial charge in [-0.05, 0) is 24.6 Å². The van der Waals surface area contributed by atoms with Crippen LogP contribution in [0.3, 0.4) is 0 Å². The van der Waals surface area contributed by atoms with Crippen molar-refractivity contribution in [1.82, 2.24) is 25.3 Å². The quantitative estimate of drug-likeness (QED) is 0.570. The third-order valence-electron chi connectivity index (χ3n) is 4.61. The average Bonchev–Trinajstić information content (AvgIpc) is 2.75. The SMILES string of the molecule is CC(Nc1nc(Nc2cnccn2)cc(N2CCNC(=O)C2)n1)c1ccc(F)cc1. The van der Waals surface area contributed by atoms with Gasteiger partial charge in [-0.15, -0.1) is 0 Å². The van der Waals surface area contributed by atoms with Crippen LogP contribution in [0.25, 0.3) is 0 Å². The highest BCUT2D eigenvalue weighted by Gasteiger charge is 2.20. The summed E-state index contributed by atoms with van der Waals surface area (Å²) in [5, 5.41) is 9.17. The zero-order chi connectivity index (χ0) is 20.9. The molecule has 3 heterocycles. The third-order valence-corrected chi connectivity index (χ3v) is 4.61. The van der Waals surface area contributed by atoms with Gasteiger partial charge in [0, 0.05) is 31.5 Å². The number of anilines is 4. The van der Waals surface area contributed by atoms with Crippen molar-refractivity contribution in [2.24, 2.45) is 0 Å². The minimum Gasteiger partial charge on any atom is -0.353 e. The van der Waals surface area contributed by atoms with Crippen LogP contribution < -0.4 is 20.9 Å². The van der Waals surface area contributed by atoms with E-state index in [0.29, 0.717) is 36.5 Å². The van der Waals surface area contributed by atoms with Gasteiger partial charge in [-0.3, -0.25) is 9.78 Å². The molecule has 4 rings (SSSR count). The molecule has 1 unspecified atom stereocenters. The Morgan fingerprint density at radius 2 is 2.00 bits per heavy atom. The first-order chi connectivity index (χ1) is 14.6. The van der Waals surface area contributed by atoms with Crippen LogP contribution >= 0.6 is 0 Å². The highest BCUT2D eigenvalue weighted by molar-refractivity contribution is 5.82. The summed E-state index contributed by atoms with van der Waals surface area (Å²) in [6.07, 6.45) is 4.75. The van der Waals surface area contributed by atoms with E-state index < -0.39 is 0 Å². The number of nitrogens with zero attached hydrogens (tertiary/aromatic N) is 5. The standard InChI is InChI=1S/C20H21FN8O/c1-13(14-2-4-15(21)5-3-14)25-20-27-16(26-17-11-22-6-7-23-17)10-18(28-20)29-9-8-24-19(30)12-29/h2-7,10-11,13H,8-9,12H2,1H3,(H,24,30)(H2,23,25,26,27,28). The Labute approximate surface area is 172 Å². The molecule has 0 radical (unpaired) electrons. The van der Waals surface area contributed by atoms with Crippen LogP contribution in [0.2, 0.25) is 0 Å². The molecule has 1 aliphatic rings. The van der Waals surface area contributed by atoms with Crippen LogP contribution in [0.1, 0.15) is 18.5 Å². The molecule has 1 atom stereocenters. The van der Waals surface area contributed by atoms with Crippen molar-refractivity contribution in [2.75, 3.05) is 35.2 Å². The van der Waals surface area contributed by atoms with Gasteiger partial charge >= 0.3 is 0 Å². The molecule has 0 saturated carbocycles. The summed E-state index contributed by atoms with van der Waals surface area (Å²) in [6.45, 7) is 3.34. The van der Waals surface area contributed by atoms with Crippen molar-refractivity contribution in [3.63, 3.8) is 0 Å². The van der Waals surface area contributed by atoms with Crippen LogP contribution in [-0.4, -0.2) is 45.5 Å². The predicted octanol–water partition coefficient (Wildman–Crippen LogP) is 2.26. The van der Waals surface area contributed by atoms with E-state index in [-0.39, 0.29) is 24.3 Å². The molecule has 154 valence electrons. The largest absolute Gasteiger partial charge is 0.353 e. The number of nitrogens with one attached hydrogen (secondary N) is 3. The van der Waals surface area contributed by atoms with Gasteiger partial charge < -0.3 is 20.9 Å². The predicted molar refractivity (Wildman–Crippen MR) is 111 cm³/mol. The summed E-state index contributed by atoms with van der Waals surface area (Å²) in [5.41, 5.74) is 0.895. The molecule has 1 amide bonds. The third kappa shape index (κ3) is 4.77. The lowest BCUT2D eigenvalue weighted by Crippen LogP contribution is -2.48. The van der Waals surface area contributed by atoms with E-state index in [2.05, 4.69) is 35.9 Å². The van der Waals surface area contributed by atoms with Crippen molar-refractivity contribution in [2.45, 2.75) is 13.0 Å². The van der Waals surface area contributed by atoms with Crippen LogP contribution in [0, 0.1) is 5.82 Å². The number of halogens is 1. The number of amides is 1. The van der Waals surface area contributed by atoms with E-state index in [1.54, 1.807) is 36.8 Å². The van der Waals surface area contributed by atoms with Crippen molar-refractivity contribution < 1.29 is 9.18 Å². The summed E-state index contributed by atoms with van der Waals surface area (Å²) in [5.74, 6) is 1.69. The molecular weight excluding hydrogens is 387 g/mol. The van der Waals surface area contributed by atoms with Crippen LogP contribution in [0.15, 0.2) is 48.9 Å². The summed E-state index contributed by atoms with van der Waals surface area (Å²) in [7, 11) is 0. The molecule has 0 bridgehead atoms. The topological polar surface area (TPSA) is 108 Å². The van der Waals surface area contributed by atoms with E-state index in [1.807, 2.05) is 11.8 Å². The van der Waals surface area contributed by atoms with Crippen molar-refractivity contribution in [3.8, 4) is 0 Å². The highest BCUT2D eigenvalue weighted by Crippen LogP contribution is 2.24. The minimum absolute atomic E-state index is 0.0579. The van der Waals surface area contributed by atoms with Gasteiger partial charge in [0.15, 0.2) is 0 Å². The van der Waals surface area contributed by atoms with Gasteiger partial charge in [-0.2, -0.15) is 9.97 Å². The molecule has 1 saturated heterocycles.